The fraction of sp³-hybridized carbons (Fsp3) is 0.625. The summed E-state index contributed by atoms with van der Waals surface area (Å²) in [6.45, 7) is 6.40. The van der Waals surface area contributed by atoms with Crippen molar-refractivity contribution in [3.63, 3.8) is 0 Å². The Labute approximate surface area is 136 Å². The standard InChI is InChI=1S/C16H24ClFN2O2/c1-12(13-3-4-16(18)15(17)9-13)19(2)10-14(21)11-20-5-7-22-8-6-20/h3-4,9,12,14,21H,5-8,10-11H2,1-2H3. The molecule has 0 saturated carbocycles. The first-order valence-electron chi connectivity index (χ1n) is 7.60. The van der Waals surface area contributed by atoms with Gasteiger partial charge in [-0.3, -0.25) is 9.80 Å². The summed E-state index contributed by atoms with van der Waals surface area (Å²) in [7, 11) is 1.95. The number of ether oxygens (including phenoxy) is 1. The summed E-state index contributed by atoms with van der Waals surface area (Å²) in [5.74, 6) is -0.410. The number of morpholine rings is 1. The number of nitrogens with zero attached hydrogens (tertiary/aromatic N) is 2. The van der Waals surface area contributed by atoms with Gasteiger partial charge in [0.15, 0.2) is 0 Å². The average molecular weight is 331 g/mol. The molecule has 1 saturated heterocycles. The van der Waals surface area contributed by atoms with E-state index in [9.17, 15) is 9.50 Å². The number of aliphatic hydroxyl groups excluding tert-OH is 1. The molecule has 0 aliphatic carbocycles. The van der Waals surface area contributed by atoms with Crippen LogP contribution in [0.4, 0.5) is 4.39 Å². The van der Waals surface area contributed by atoms with Crippen molar-refractivity contribution >= 4 is 11.6 Å². The molecule has 4 nitrogen and oxygen atoms in total. The first-order chi connectivity index (χ1) is 10.5. The van der Waals surface area contributed by atoms with Crippen LogP contribution in [0.1, 0.15) is 18.5 Å². The SMILES string of the molecule is CC(c1ccc(F)c(Cl)c1)N(C)CC(O)CN1CCOCC1. The third-order valence-electron chi connectivity index (χ3n) is 4.16. The molecule has 0 bridgehead atoms. The van der Waals surface area contributed by atoms with Gasteiger partial charge in [-0.05, 0) is 31.7 Å². The highest BCUT2D eigenvalue weighted by molar-refractivity contribution is 6.30. The van der Waals surface area contributed by atoms with Crippen LogP contribution in [0.25, 0.3) is 0 Å². The van der Waals surface area contributed by atoms with E-state index in [1.54, 1.807) is 12.1 Å². The maximum atomic E-state index is 13.2. The molecule has 1 aliphatic rings. The number of hydrogen-bond donors (Lipinski definition) is 1. The lowest BCUT2D eigenvalue weighted by molar-refractivity contribution is 0.00626. The Hall–Kier alpha value is -0.720. The zero-order valence-electron chi connectivity index (χ0n) is 13.1. The zero-order chi connectivity index (χ0) is 16.1. The number of likely N-dealkylation sites (N-methyl/N-ethyl adjacent to an activating group) is 1. The molecule has 1 aliphatic heterocycles. The Morgan fingerprint density at radius 3 is 2.73 bits per heavy atom. The lowest BCUT2D eigenvalue weighted by atomic mass is 10.1. The third-order valence-corrected chi connectivity index (χ3v) is 4.45. The number of β-amino-alcohol motifs (C(OH)–C–C–N with tert-alkyl or cyclic N) is 1. The normalized spacial score (nSPS) is 19.4. The number of halogens is 2. The van der Waals surface area contributed by atoms with E-state index < -0.39 is 11.9 Å². The second kappa shape index (κ2) is 8.22. The van der Waals surface area contributed by atoms with Gasteiger partial charge in [0.05, 0.1) is 24.3 Å². The van der Waals surface area contributed by atoms with Gasteiger partial charge in [-0.1, -0.05) is 17.7 Å². The molecule has 1 heterocycles. The number of aliphatic hydroxyl groups is 1. The average Bonchev–Trinajstić information content (AvgIpc) is 2.50. The molecular weight excluding hydrogens is 307 g/mol. The van der Waals surface area contributed by atoms with Crippen LogP contribution < -0.4 is 0 Å². The Kier molecular flexibility index (Phi) is 6.59. The summed E-state index contributed by atoms with van der Waals surface area (Å²) < 4.78 is 18.5. The summed E-state index contributed by atoms with van der Waals surface area (Å²) >= 11 is 5.84. The highest BCUT2D eigenvalue weighted by Crippen LogP contribution is 2.24. The molecule has 1 fully saturated rings. The summed E-state index contributed by atoms with van der Waals surface area (Å²) in [6, 6.07) is 4.81. The molecule has 0 amide bonds. The Morgan fingerprint density at radius 1 is 1.41 bits per heavy atom. The van der Waals surface area contributed by atoms with E-state index in [0.29, 0.717) is 13.1 Å². The van der Waals surface area contributed by atoms with E-state index in [-0.39, 0.29) is 11.1 Å². The smallest absolute Gasteiger partial charge is 0.141 e. The fourth-order valence-electron chi connectivity index (χ4n) is 2.66. The van der Waals surface area contributed by atoms with Crippen molar-refractivity contribution in [2.45, 2.75) is 19.1 Å². The number of benzene rings is 1. The van der Waals surface area contributed by atoms with E-state index in [0.717, 1.165) is 31.9 Å². The zero-order valence-corrected chi connectivity index (χ0v) is 13.9. The van der Waals surface area contributed by atoms with E-state index in [1.807, 2.05) is 14.0 Å². The highest BCUT2D eigenvalue weighted by Gasteiger charge is 2.19. The number of rotatable bonds is 6. The van der Waals surface area contributed by atoms with Gasteiger partial charge in [0, 0.05) is 32.2 Å². The Morgan fingerprint density at radius 2 is 2.09 bits per heavy atom. The van der Waals surface area contributed by atoms with Crippen molar-refractivity contribution in [3.05, 3.63) is 34.6 Å². The van der Waals surface area contributed by atoms with Crippen molar-refractivity contribution in [1.29, 1.82) is 0 Å². The second-order valence-electron chi connectivity index (χ2n) is 5.86. The maximum absolute atomic E-state index is 13.2. The first-order valence-corrected chi connectivity index (χ1v) is 7.98. The Bertz CT molecular complexity index is 483. The van der Waals surface area contributed by atoms with Gasteiger partial charge in [0.1, 0.15) is 5.82 Å². The van der Waals surface area contributed by atoms with E-state index in [1.165, 1.54) is 6.07 Å². The van der Waals surface area contributed by atoms with Crippen molar-refractivity contribution in [2.24, 2.45) is 0 Å². The van der Waals surface area contributed by atoms with Crippen LogP contribution >= 0.6 is 11.6 Å². The van der Waals surface area contributed by atoms with Crippen LogP contribution in [0.5, 0.6) is 0 Å². The molecule has 22 heavy (non-hydrogen) atoms. The molecule has 1 aromatic carbocycles. The molecule has 0 radical (unpaired) electrons. The summed E-state index contributed by atoms with van der Waals surface area (Å²) in [4.78, 5) is 4.26. The largest absolute Gasteiger partial charge is 0.390 e. The monoisotopic (exact) mass is 330 g/mol. The van der Waals surface area contributed by atoms with Crippen LogP contribution in [0.15, 0.2) is 18.2 Å². The minimum Gasteiger partial charge on any atom is -0.390 e. The lowest BCUT2D eigenvalue weighted by Gasteiger charge is -2.32. The number of hydrogen-bond acceptors (Lipinski definition) is 4. The van der Waals surface area contributed by atoms with Crippen LogP contribution in [0.2, 0.25) is 5.02 Å². The minimum absolute atomic E-state index is 0.0532. The van der Waals surface area contributed by atoms with Gasteiger partial charge in [-0.15, -0.1) is 0 Å². The molecule has 2 rings (SSSR count). The molecule has 2 unspecified atom stereocenters. The second-order valence-corrected chi connectivity index (χ2v) is 6.26. The highest BCUT2D eigenvalue weighted by atomic mass is 35.5. The molecular formula is C16H24ClFN2O2. The van der Waals surface area contributed by atoms with E-state index >= 15 is 0 Å². The molecule has 1 aromatic rings. The summed E-state index contributed by atoms with van der Waals surface area (Å²) in [5, 5.41) is 10.4. The van der Waals surface area contributed by atoms with Gasteiger partial charge in [0.2, 0.25) is 0 Å². The van der Waals surface area contributed by atoms with Crippen molar-refractivity contribution in [1.82, 2.24) is 9.80 Å². The quantitative estimate of drug-likeness (QED) is 0.867. The first kappa shape index (κ1) is 17.6. The Balaban J connectivity index is 1.86. The van der Waals surface area contributed by atoms with Crippen LogP contribution in [0, 0.1) is 5.82 Å². The molecule has 0 aromatic heterocycles. The molecule has 124 valence electrons. The van der Waals surface area contributed by atoms with E-state index in [2.05, 4.69) is 9.80 Å². The summed E-state index contributed by atoms with van der Waals surface area (Å²) in [5.41, 5.74) is 0.937. The minimum atomic E-state index is -0.429. The van der Waals surface area contributed by atoms with Gasteiger partial charge in [-0.25, -0.2) is 4.39 Å². The van der Waals surface area contributed by atoms with Gasteiger partial charge >= 0.3 is 0 Å². The third kappa shape index (κ3) is 4.89. The van der Waals surface area contributed by atoms with Crippen molar-refractivity contribution in [2.75, 3.05) is 46.4 Å². The van der Waals surface area contributed by atoms with Crippen LogP contribution in [0.3, 0.4) is 0 Å². The topological polar surface area (TPSA) is 35.9 Å². The van der Waals surface area contributed by atoms with Crippen LogP contribution in [-0.4, -0.2) is 67.5 Å². The van der Waals surface area contributed by atoms with Crippen LogP contribution in [-0.2, 0) is 4.74 Å². The predicted molar refractivity (Wildman–Crippen MR) is 85.7 cm³/mol. The van der Waals surface area contributed by atoms with Gasteiger partial charge in [0.25, 0.3) is 0 Å². The van der Waals surface area contributed by atoms with E-state index in [4.69, 9.17) is 16.3 Å². The van der Waals surface area contributed by atoms with Gasteiger partial charge < -0.3 is 9.84 Å². The molecule has 1 N–H and O–H groups in total. The maximum Gasteiger partial charge on any atom is 0.141 e. The van der Waals surface area contributed by atoms with Gasteiger partial charge in [-0.2, -0.15) is 0 Å². The lowest BCUT2D eigenvalue weighted by Crippen LogP contribution is -2.44. The van der Waals surface area contributed by atoms with Crippen molar-refractivity contribution in [3.8, 4) is 0 Å². The summed E-state index contributed by atoms with van der Waals surface area (Å²) in [6.07, 6.45) is -0.429. The molecule has 2 atom stereocenters. The fourth-order valence-corrected chi connectivity index (χ4v) is 2.85. The molecule has 6 heteroatoms. The predicted octanol–water partition coefficient (Wildman–Crippen LogP) is 2.17. The molecule has 0 spiro atoms. The van der Waals surface area contributed by atoms with Crippen molar-refractivity contribution < 1.29 is 14.2 Å².